The van der Waals surface area contributed by atoms with Crippen molar-refractivity contribution in [3.05, 3.63) is 0 Å². The van der Waals surface area contributed by atoms with Gasteiger partial charge in [-0.1, -0.05) is 0 Å². The molecule has 3 N–H and O–H groups in total. The summed E-state index contributed by atoms with van der Waals surface area (Å²) in [6.07, 6.45) is 0.828. The van der Waals surface area contributed by atoms with Gasteiger partial charge in [-0.3, -0.25) is 4.79 Å². The van der Waals surface area contributed by atoms with Crippen molar-refractivity contribution in [3.63, 3.8) is 0 Å². The first kappa shape index (κ1) is 10.4. The van der Waals surface area contributed by atoms with Gasteiger partial charge < -0.3 is 15.8 Å². The van der Waals surface area contributed by atoms with E-state index in [1.165, 1.54) is 0 Å². The van der Waals surface area contributed by atoms with E-state index in [0.29, 0.717) is 13.2 Å². The molecule has 0 spiro atoms. The number of methoxy groups -OCH3 is 1. The van der Waals surface area contributed by atoms with Crippen molar-refractivity contribution < 1.29 is 9.53 Å². The summed E-state index contributed by atoms with van der Waals surface area (Å²) >= 11 is 0. The summed E-state index contributed by atoms with van der Waals surface area (Å²) in [5, 5.41) is 2.67. The molecule has 0 aromatic heterocycles. The van der Waals surface area contributed by atoms with Crippen LogP contribution in [0, 0.1) is 0 Å². The lowest BCUT2D eigenvalue weighted by Crippen LogP contribution is -2.38. The number of carbonyl (C=O) groups is 1. The van der Waals surface area contributed by atoms with Gasteiger partial charge >= 0.3 is 0 Å². The zero-order valence-electron chi connectivity index (χ0n) is 7.09. The molecule has 0 rings (SSSR count). The highest BCUT2D eigenvalue weighted by molar-refractivity contribution is 5.80. The molecule has 0 radical (unpaired) electrons. The first-order valence-electron chi connectivity index (χ1n) is 3.70. The molecule has 0 aliphatic carbocycles. The van der Waals surface area contributed by atoms with Gasteiger partial charge in [-0.25, -0.2) is 0 Å². The second-order valence-electron chi connectivity index (χ2n) is 2.43. The summed E-state index contributed by atoms with van der Waals surface area (Å²) in [5.41, 5.74) is 5.31. The molecule has 0 aromatic carbocycles. The number of ether oxygens (including phenoxy) is 1. The Bertz CT molecular complexity index is 115. The van der Waals surface area contributed by atoms with Crippen LogP contribution in [0.25, 0.3) is 0 Å². The molecule has 4 heteroatoms. The van der Waals surface area contributed by atoms with Crippen molar-refractivity contribution in [1.82, 2.24) is 5.32 Å². The van der Waals surface area contributed by atoms with E-state index in [1.807, 2.05) is 0 Å². The monoisotopic (exact) mass is 160 g/mol. The second-order valence-corrected chi connectivity index (χ2v) is 2.43. The van der Waals surface area contributed by atoms with Crippen LogP contribution in [-0.2, 0) is 9.53 Å². The van der Waals surface area contributed by atoms with Crippen LogP contribution in [0.3, 0.4) is 0 Å². The van der Waals surface area contributed by atoms with Gasteiger partial charge in [-0.15, -0.1) is 0 Å². The normalized spacial score (nSPS) is 12.6. The van der Waals surface area contributed by atoms with Gasteiger partial charge in [0.05, 0.1) is 6.04 Å². The number of carbonyl (C=O) groups excluding carboxylic acids is 1. The standard InChI is InChI=1S/C7H16N2O2/c1-6(8)7(10)9-4-3-5-11-2/h6H,3-5,8H2,1-2H3,(H,9,10). The molecule has 0 aromatic rings. The summed E-state index contributed by atoms with van der Waals surface area (Å²) in [7, 11) is 1.63. The first-order valence-corrected chi connectivity index (χ1v) is 3.70. The minimum absolute atomic E-state index is 0.110. The van der Waals surface area contributed by atoms with Crippen LogP contribution < -0.4 is 11.1 Å². The van der Waals surface area contributed by atoms with Gasteiger partial charge in [0.2, 0.25) is 5.91 Å². The molecule has 0 bridgehead atoms. The quantitative estimate of drug-likeness (QED) is 0.532. The molecule has 1 amide bonds. The Morgan fingerprint density at radius 3 is 2.82 bits per heavy atom. The van der Waals surface area contributed by atoms with Crippen LogP contribution in [0.15, 0.2) is 0 Å². The predicted molar refractivity (Wildman–Crippen MR) is 43.2 cm³/mol. The van der Waals surface area contributed by atoms with Crippen molar-refractivity contribution in [3.8, 4) is 0 Å². The Balaban J connectivity index is 3.18. The van der Waals surface area contributed by atoms with E-state index in [2.05, 4.69) is 5.32 Å². The number of amides is 1. The number of hydrogen-bond donors (Lipinski definition) is 2. The van der Waals surface area contributed by atoms with Crippen molar-refractivity contribution in [2.24, 2.45) is 5.73 Å². The summed E-state index contributed by atoms with van der Waals surface area (Å²) in [4.78, 5) is 10.8. The highest BCUT2D eigenvalue weighted by Crippen LogP contribution is 1.79. The number of rotatable bonds is 5. The fourth-order valence-corrected chi connectivity index (χ4v) is 0.589. The highest BCUT2D eigenvalue weighted by Gasteiger charge is 2.04. The number of hydrogen-bond acceptors (Lipinski definition) is 3. The topological polar surface area (TPSA) is 64.3 Å². The van der Waals surface area contributed by atoms with Gasteiger partial charge in [0.25, 0.3) is 0 Å². The Kier molecular flexibility index (Phi) is 5.78. The molecule has 1 atom stereocenters. The van der Waals surface area contributed by atoms with Crippen molar-refractivity contribution in [2.75, 3.05) is 20.3 Å². The summed E-state index contributed by atoms with van der Waals surface area (Å²) in [5.74, 6) is -0.110. The van der Waals surface area contributed by atoms with Gasteiger partial charge in [0, 0.05) is 20.3 Å². The molecule has 0 aliphatic heterocycles. The van der Waals surface area contributed by atoms with E-state index in [9.17, 15) is 4.79 Å². The van der Waals surface area contributed by atoms with Gasteiger partial charge in [-0.2, -0.15) is 0 Å². The third kappa shape index (κ3) is 5.82. The maximum absolute atomic E-state index is 10.8. The van der Waals surface area contributed by atoms with E-state index in [-0.39, 0.29) is 5.91 Å². The van der Waals surface area contributed by atoms with Crippen LogP contribution in [0.2, 0.25) is 0 Å². The van der Waals surface area contributed by atoms with E-state index >= 15 is 0 Å². The molecule has 4 nitrogen and oxygen atoms in total. The van der Waals surface area contributed by atoms with Gasteiger partial charge in [0.15, 0.2) is 0 Å². The molecule has 0 aliphatic rings. The Morgan fingerprint density at radius 2 is 2.36 bits per heavy atom. The smallest absolute Gasteiger partial charge is 0.236 e. The zero-order chi connectivity index (χ0) is 8.69. The van der Waals surface area contributed by atoms with E-state index in [4.69, 9.17) is 10.5 Å². The lowest BCUT2D eigenvalue weighted by Gasteiger charge is -2.06. The Labute approximate surface area is 67.1 Å². The SMILES string of the molecule is COCCCNC(=O)C(C)N. The maximum Gasteiger partial charge on any atom is 0.236 e. The van der Waals surface area contributed by atoms with E-state index < -0.39 is 6.04 Å². The molecule has 0 fully saturated rings. The lowest BCUT2D eigenvalue weighted by atomic mass is 10.3. The van der Waals surface area contributed by atoms with Crippen LogP contribution in [-0.4, -0.2) is 32.2 Å². The maximum atomic E-state index is 10.8. The minimum atomic E-state index is -0.419. The molecular weight excluding hydrogens is 144 g/mol. The number of nitrogens with one attached hydrogen (secondary N) is 1. The van der Waals surface area contributed by atoms with Crippen LogP contribution >= 0.6 is 0 Å². The first-order chi connectivity index (χ1) is 5.18. The van der Waals surface area contributed by atoms with Crippen LogP contribution in [0.4, 0.5) is 0 Å². The van der Waals surface area contributed by atoms with Gasteiger partial charge in [0.1, 0.15) is 0 Å². The lowest BCUT2D eigenvalue weighted by molar-refractivity contribution is -0.122. The molecule has 66 valence electrons. The second kappa shape index (κ2) is 6.12. The molecule has 0 saturated carbocycles. The van der Waals surface area contributed by atoms with Crippen molar-refractivity contribution in [2.45, 2.75) is 19.4 Å². The third-order valence-electron chi connectivity index (χ3n) is 1.24. The Hall–Kier alpha value is -0.610. The molecule has 0 heterocycles. The average molecular weight is 160 g/mol. The summed E-state index contributed by atoms with van der Waals surface area (Å²) < 4.78 is 4.80. The average Bonchev–Trinajstić information content (AvgIpc) is 1.97. The molecular formula is C7H16N2O2. The van der Waals surface area contributed by atoms with Crippen LogP contribution in [0.1, 0.15) is 13.3 Å². The Morgan fingerprint density at radius 1 is 1.73 bits per heavy atom. The van der Waals surface area contributed by atoms with Crippen molar-refractivity contribution >= 4 is 5.91 Å². The van der Waals surface area contributed by atoms with Crippen LogP contribution in [0.5, 0.6) is 0 Å². The largest absolute Gasteiger partial charge is 0.385 e. The number of nitrogens with two attached hydrogens (primary N) is 1. The van der Waals surface area contributed by atoms with Crippen molar-refractivity contribution in [1.29, 1.82) is 0 Å². The predicted octanol–water partition coefficient (Wildman–Crippen LogP) is -0.514. The molecule has 1 unspecified atom stereocenters. The highest BCUT2D eigenvalue weighted by atomic mass is 16.5. The molecule has 11 heavy (non-hydrogen) atoms. The third-order valence-corrected chi connectivity index (χ3v) is 1.24. The van der Waals surface area contributed by atoms with E-state index in [0.717, 1.165) is 6.42 Å². The summed E-state index contributed by atoms with van der Waals surface area (Å²) in [6, 6.07) is -0.419. The molecule has 0 saturated heterocycles. The van der Waals surface area contributed by atoms with E-state index in [1.54, 1.807) is 14.0 Å². The fourth-order valence-electron chi connectivity index (χ4n) is 0.589. The summed E-state index contributed by atoms with van der Waals surface area (Å²) in [6.45, 7) is 2.96. The minimum Gasteiger partial charge on any atom is -0.385 e. The van der Waals surface area contributed by atoms with Gasteiger partial charge in [-0.05, 0) is 13.3 Å². The zero-order valence-corrected chi connectivity index (χ0v) is 7.09. The fraction of sp³-hybridized carbons (Fsp3) is 0.857.